The Balaban J connectivity index is 0.000000329. The number of nitrogens with zero attached hydrogens (tertiary/aromatic N) is 10. The molecule has 2 aliphatic rings. The summed E-state index contributed by atoms with van der Waals surface area (Å²) in [5, 5.41) is 118. The van der Waals surface area contributed by atoms with E-state index < -0.39 is 83.6 Å². The zero-order valence-corrected chi connectivity index (χ0v) is 60.4. The van der Waals surface area contributed by atoms with Crippen LogP contribution in [0.1, 0.15) is 49.7 Å². The summed E-state index contributed by atoms with van der Waals surface area (Å²) in [7, 11) is 0. The molecule has 2 aliphatic heterocycles. The molecule has 2 saturated heterocycles. The maximum atomic E-state index is 13.4. The number of hydrogen-bond acceptors (Lipinski definition) is 26. The Labute approximate surface area is 649 Å². The van der Waals surface area contributed by atoms with Crippen LogP contribution in [0.2, 0.25) is 0 Å². The van der Waals surface area contributed by atoms with Gasteiger partial charge in [0.1, 0.15) is 11.6 Å². The summed E-state index contributed by atoms with van der Waals surface area (Å²) in [5.41, 5.74) is 9.97. The molecule has 0 aliphatic carbocycles. The number of piperidine rings is 2. The number of aromatic nitrogens is 10. The first-order valence-electron chi connectivity index (χ1n) is 33.6. The fraction of sp³-hybridized carbons (Fsp3) is 0.257. The van der Waals surface area contributed by atoms with E-state index in [1.807, 2.05) is 72.8 Å². The van der Waals surface area contributed by atoms with Crippen LogP contribution >= 0.6 is 0 Å². The first-order valence-corrected chi connectivity index (χ1v) is 33.6. The van der Waals surface area contributed by atoms with Crippen LogP contribution in [0.25, 0.3) is 44.1 Å². The second kappa shape index (κ2) is 47.6. The molecular weight excluding hydrogens is 1550 g/mol. The summed E-state index contributed by atoms with van der Waals surface area (Å²) in [6, 6.07) is 34.4. The molecule has 46 heteroatoms. The monoisotopic (exact) mass is 1630 g/mol. The van der Waals surface area contributed by atoms with Crippen LogP contribution in [0.4, 0.5) is 32.6 Å². The van der Waals surface area contributed by atoms with Gasteiger partial charge in [0.05, 0.1) is 69.6 Å². The van der Waals surface area contributed by atoms with Crippen molar-refractivity contribution >= 4 is 151 Å². The Morgan fingerprint density at radius 3 is 0.905 bits per heavy atom. The number of imidazole rings is 4. The van der Waals surface area contributed by atoms with Crippen molar-refractivity contribution in [2.75, 3.05) is 73.6 Å². The molecule has 20 N–H and O–H groups in total. The van der Waals surface area contributed by atoms with Crippen LogP contribution in [0.15, 0.2) is 134 Å². The normalized spacial score (nSPS) is 12.2. The summed E-state index contributed by atoms with van der Waals surface area (Å²) in [4.78, 5) is 166. The van der Waals surface area contributed by atoms with Gasteiger partial charge in [0.2, 0.25) is 23.8 Å². The van der Waals surface area contributed by atoms with E-state index in [1.54, 1.807) is 24.8 Å². The van der Waals surface area contributed by atoms with E-state index in [1.165, 1.54) is 24.3 Å². The molecule has 0 unspecified atom stereocenters. The highest BCUT2D eigenvalue weighted by Gasteiger charge is 2.24. The van der Waals surface area contributed by atoms with E-state index in [0.717, 1.165) is 170 Å². The highest BCUT2D eigenvalue weighted by molar-refractivity contribution is 6.29. The summed E-state index contributed by atoms with van der Waals surface area (Å²) in [6.07, 6.45) is 13.5. The molecule has 0 amide bonds. The van der Waals surface area contributed by atoms with Crippen LogP contribution < -0.4 is 21.3 Å². The SMILES string of the molecule is Fc1ccc(Cn2c(NC3CCN(CCCNc4nc5ccncc5[nH]4)CC3)nc3ccccc32)cc1.Fc1ccc(Cn2c(NC3CCN(CCCNc4nc5ccncc5[nH]4)CC3)nc3ccccc32)cc1.O=C(O)C(=O)O.O=C(O)C(=O)O.O=C(O)C(=O)O.O=C(O)C(=O)O.O=C(O)C(=O)O.O=C(O)C(=O)O.O=C(O)C(=O)O. The Hall–Kier alpha value is -15.4. The third-order valence-electron chi connectivity index (χ3n) is 15.4. The average molecular weight is 1630 g/mol. The van der Waals surface area contributed by atoms with E-state index >= 15 is 0 Å². The van der Waals surface area contributed by atoms with Gasteiger partial charge in [-0.25, -0.2) is 95.8 Å². The molecule has 4 aromatic carbocycles. The molecule has 618 valence electrons. The lowest BCUT2D eigenvalue weighted by Gasteiger charge is -2.32. The van der Waals surface area contributed by atoms with Crippen molar-refractivity contribution in [3.05, 3.63) is 157 Å². The molecule has 2 fully saturated rings. The Morgan fingerprint density at radius 2 is 0.638 bits per heavy atom. The number of aromatic amines is 2. The van der Waals surface area contributed by atoms with Gasteiger partial charge in [0.25, 0.3) is 0 Å². The third kappa shape index (κ3) is 33.9. The molecule has 0 atom stereocenters. The minimum absolute atomic E-state index is 0.216. The standard InChI is InChI=1S/2C28H31FN8.7C2H2O4/c2*29-21-8-6-20(7-9-21)19-37-26-5-2-1-4-24(26)35-28(37)32-22-11-16-36(17-12-22)15-3-13-31-27-33-23-10-14-30-18-25(23)34-27;7*3-1(4)2(5)6/h2*1-2,4-10,14,18,22H,3,11-13,15-17,19H2,(H,32,35)(H2,31,33,34);7*(H,3,4)(H,5,6). The van der Waals surface area contributed by atoms with Crippen molar-refractivity contribution in [1.29, 1.82) is 0 Å². The van der Waals surface area contributed by atoms with Crippen molar-refractivity contribution in [3.8, 4) is 0 Å². The summed E-state index contributed by atoms with van der Waals surface area (Å²) < 4.78 is 31.2. The van der Waals surface area contributed by atoms with Crippen molar-refractivity contribution in [1.82, 2.24) is 58.8 Å². The number of carbonyl (C=O) groups is 14. The van der Waals surface area contributed by atoms with E-state index in [2.05, 4.69) is 82.2 Å². The topological polar surface area (TPSA) is 696 Å². The van der Waals surface area contributed by atoms with Crippen molar-refractivity contribution < 1.29 is 147 Å². The number of benzene rings is 4. The second-order valence-corrected chi connectivity index (χ2v) is 23.6. The minimum Gasteiger partial charge on any atom is -0.473 e. The van der Waals surface area contributed by atoms with Crippen LogP contribution in [0, 0.1) is 11.6 Å². The molecule has 12 rings (SSSR count). The lowest BCUT2D eigenvalue weighted by Crippen LogP contribution is -2.40. The van der Waals surface area contributed by atoms with Gasteiger partial charge in [-0.15, -0.1) is 0 Å². The number of pyridine rings is 2. The van der Waals surface area contributed by atoms with E-state index in [4.69, 9.17) is 149 Å². The van der Waals surface area contributed by atoms with Crippen molar-refractivity contribution in [2.24, 2.45) is 0 Å². The van der Waals surface area contributed by atoms with E-state index in [0.29, 0.717) is 25.2 Å². The predicted molar refractivity (Wildman–Crippen MR) is 398 cm³/mol. The number of carboxylic acids is 14. The Morgan fingerprint density at radius 1 is 0.362 bits per heavy atom. The number of hydrogen-bond donors (Lipinski definition) is 20. The lowest BCUT2D eigenvalue weighted by molar-refractivity contribution is -0.159. The first-order chi connectivity index (χ1) is 54.9. The highest BCUT2D eigenvalue weighted by Crippen LogP contribution is 2.27. The molecule has 0 saturated carbocycles. The van der Waals surface area contributed by atoms with Gasteiger partial charge in [-0.1, -0.05) is 48.5 Å². The van der Waals surface area contributed by atoms with Gasteiger partial charge in [0, 0.05) is 63.7 Å². The second-order valence-electron chi connectivity index (χ2n) is 23.6. The van der Waals surface area contributed by atoms with E-state index in [-0.39, 0.29) is 11.6 Å². The number of rotatable bonds is 18. The number of likely N-dealkylation sites (tertiary alicyclic amines) is 2. The van der Waals surface area contributed by atoms with Gasteiger partial charge in [-0.05, 0) is 123 Å². The fourth-order valence-electron chi connectivity index (χ4n) is 10.1. The minimum atomic E-state index is -1.82. The van der Waals surface area contributed by atoms with Crippen molar-refractivity contribution in [2.45, 2.75) is 63.7 Å². The van der Waals surface area contributed by atoms with Crippen LogP contribution in [-0.4, -0.2) is 278 Å². The number of para-hydroxylation sites is 4. The third-order valence-corrected chi connectivity index (χ3v) is 15.4. The molecule has 8 heterocycles. The smallest absolute Gasteiger partial charge is 0.414 e. The summed E-state index contributed by atoms with van der Waals surface area (Å²) in [5.74, 6) is -22.6. The molecule has 0 bridgehead atoms. The van der Waals surface area contributed by atoms with Crippen LogP contribution in [0.5, 0.6) is 0 Å². The first kappa shape index (κ1) is 93.0. The molecule has 0 radical (unpaired) electrons. The molecule has 44 nitrogen and oxygen atoms in total. The number of aliphatic carboxylic acids is 14. The largest absolute Gasteiger partial charge is 0.473 e. The van der Waals surface area contributed by atoms with Crippen LogP contribution in [0.3, 0.4) is 0 Å². The zero-order chi connectivity index (χ0) is 86.1. The van der Waals surface area contributed by atoms with Gasteiger partial charge in [0.15, 0.2) is 0 Å². The van der Waals surface area contributed by atoms with Crippen LogP contribution in [-0.2, 0) is 80.2 Å². The quantitative estimate of drug-likeness (QED) is 0.0428. The predicted octanol–water partition coefficient (Wildman–Crippen LogP) is 3.84. The van der Waals surface area contributed by atoms with Gasteiger partial charge < -0.3 is 122 Å². The number of halogens is 2. The molecule has 116 heavy (non-hydrogen) atoms. The molecule has 10 aromatic rings. The highest BCUT2D eigenvalue weighted by atomic mass is 19.1. The molecule has 0 spiro atoms. The molecule has 6 aromatic heterocycles. The van der Waals surface area contributed by atoms with Gasteiger partial charge in [-0.3, -0.25) is 9.97 Å². The number of nitrogens with one attached hydrogen (secondary N) is 6. The van der Waals surface area contributed by atoms with Gasteiger partial charge in [-0.2, -0.15) is 0 Å². The zero-order valence-electron chi connectivity index (χ0n) is 60.4. The molecular formula is C70H76F2N16O28. The van der Waals surface area contributed by atoms with Crippen molar-refractivity contribution in [3.63, 3.8) is 0 Å². The fourth-order valence-corrected chi connectivity index (χ4v) is 10.1. The van der Waals surface area contributed by atoms with Gasteiger partial charge >= 0.3 is 83.6 Å². The van der Waals surface area contributed by atoms with E-state index in [9.17, 15) is 8.78 Å². The number of fused-ring (bicyclic) bond motifs is 4. The summed E-state index contributed by atoms with van der Waals surface area (Å²) >= 11 is 0. The number of carboxylic acid groups (broad SMARTS) is 14. The lowest BCUT2D eigenvalue weighted by atomic mass is 10.1. The Kier molecular flexibility index (Phi) is 38.2. The Bertz CT molecular complexity index is 4410. The number of anilines is 4. The average Bonchev–Trinajstić information content (AvgIpc) is 1.65. The maximum absolute atomic E-state index is 13.4. The summed E-state index contributed by atoms with van der Waals surface area (Å²) in [6.45, 7) is 9.41. The number of H-pyrrole nitrogens is 2. The maximum Gasteiger partial charge on any atom is 0.414 e.